The predicted octanol–water partition coefficient (Wildman–Crippen LogP) is 2.73. The third-order valence-corrected chi connectivity index (χ3v) is 6.64. The first kappa shape index (κ1) is 22.7. The lowest BCUT2D eigenvalue weighted by molar-refractivity contribution is -0.153. The minimum absolute atomic E-state index is 0.334. The number of hydrogen-bond acceptors (Lipinski definition) is 6. The van der Waals surface area contributed by atoms with Crippen LogP contribution in [0.15, 0.2) is 60.0 Å². The van der Waals surface area contributed by atoms with Gasteiger partial charge in [-0.05, 0) is 40.6 Å². The lowest BCUT2D eigenvalue weighted by atomic mass is 10.0. The lowest BCUT2D eigenvalue weighted by Gasteiger charge is -2.24. The number of nitrogens with one attached hydrogen (secondary N) is 1. The molecule has 3 atom stereocenters. The number of thiophene rings is 1. The van der Waals surface area contributed by atoms with Crippen molar-refractivity contribution in [2.75, 3.05) is 0 Å². The number of fused-ring (bicyclic) bond motifs is 1. The fourth-order valence-corrected chi connectivity index (χ4v) is 4.62. The number of aliphatic hydroxyl groups excluding tert-OH is 2. The van der Waals surface area contributed by atoms with Crippen molar-refractivity contribution < 1.29 is 19.8 Å². The average Bonchev–Trinajstić information content (AvgIpc) is 3.49. The van der Waals surface area contributed by atoms with Gasteiger partial charge in [0.25, 0.3) is 11.8 Å². The number of benzene rings is 2. The van der Waals surface area contributed by atoms with E-state index in [2.05, 4.69) is 11.4 Å². The van der Waals surface area contributed by atoms with Gasteiger partial charge in [0.1, 0.15) is 10.9 Å². The Labute approximate surface area is 195 Å². The van der Waals surface area contributed by atoms with E-state index >= 15 is 0 Å². The first-order valence-electron chi connectivity index (χ1n) is 10.5. The van der Waals surface area contributed by atoms with Crippen LogP contribution in [0.2, 0.25) is 0 Å². The van der Waals surface area contributed by atoms with Crippen molar-refractivity contribution in [3.8, 4) is 17.2 Å². The largest absolute Gasteiger partial charge is 0.380 e. The fourth-order valence-electron chi connectivity index (χ4n) is 3.91. The van der Waals surface area contributed by atoms with Gasteiger partial charge in [0.15, 0.2) is 12.2 Å². The maximum absolute atomic E-state index is 12.6. The average molecular weight is 462 g/mol. The third-order valence-electron chi connectivity index (χ3n) is 5.82. The molecule has 1 aromatic heterocycles. The SMILES string of the molecule is C[C@@H](NC(=O)C(O)[C@@H](O)C(=O)N1Cc2ccccc2C1)c1ccc(-c2ccsc2C#N)cc1. The zero-order valence-electron chi connectivity index (χ0n) is 17.9. The van der Waals surface area contributed by atoms with E-state index in [4.69, 9.17) is 0 Å². The summed E-state index contributed by atoms with van der Waals surface area (Å²) in [6.07, 6.45) is -3.73. The Bertz CT molecular complexity index is 1190. The number of aliphatic hydroxyl groups is 2. The van der Waals surface area contributed by atoms with E-state index in [0.29, 0.717) is 18.0 Å². The van der Waals surface area contributed by atoms with Gasteiger partial charge in [0.05, 0.1) is 6.04 Å². The Balaban J connectivity index is 1.36. The summed E-state index contributed by atoms with van der Waals surface area (Å²) >= 11 is 1.38. The van der Waals surface area contributed by atoms with Gasteiger partial charge in [-0.2, -0.15) is 5.26 Å². The molecule has 3 N–H and O–H groups in total. The van der Waals surface area contributed by atoms with E-state index in [1.54, 1.807) is 6.92 Å². The Morgan fingerprint density at radius 2 is 1.67 bits per heavy atom. The Morgan fingerprint density at radius 1 is 1.03 bits per heavy atom. The van der Waals surface area contributed by atoms with Crippen molar-refractivity contribution in [3.63, 3.8) is 0 Å². The quantitative estimate of drug-likeness (QED) is 0.522. The molecule has 0 spiro atoms. The van der Waals surface area contributed by atoms with Crippen molar-refractivity contribution in [2.24, 2.45) is 0 Å². The van der Waals surface area contributed by atoms with Crippen LogP contribution in [-0.2, 0) is 22.7 Å². The summed E-state index contributed by atoms with van der Waals surface area (Å²) in [4.78, 5) is 27.2. The van der Waals surface area contributed by atoms with Gasteiger partial charge in [-0.3, -0.25) is 9.59 Å². The number of amides is 2. The summed E-state index contributed by atoms with van der Waals surface area (Å²) in [6, 6.07) is 18.5. The summed E-state index contributed by atoms with van der Waals surface area (Å²) in [5.41, 5.74) is 4.50. The molecular weight excluding hydrogens is 438 g/mol. The summed E-state index contributed by atoms with van der Waals surface area (Å²) in [6.45, 7) is 2.41. The molecule has 0 aliphatic carbocycles. The molecule has 0 bridgehead atoms. The van der Waals surface area contributed by atoms with Crippen molar-refractivity contribution in [1.82, 2.24) is 10.2 Å². The van der Waals surface area contributed by atoms with Gasteiger partial charge in [0.2, 0.25) is 0 Å². The molecular formula is C25H23N3O4S. The molecule has 0 fully saturated rings. The second kappa shape index (κ2) is 9.55. The van der Waals surface area contributed by atoms with Gasteiger partial charge in [-0.15, -0.1) is 11.3 Å². The molecule has 1 aliphatic heterocycles. The summed E-state index contributed by atoms with van der Waals surface area (Å²) < 4.78 is 0. The maximum atomic E-state index is 12.6. The Hall–Kier alpha value is -3.51. The van der Waals surface area contributed by atoms with Crippen LogP contribution in [0, 0.1) is 11.3 Å². The Morgan fingerprint density at radius 3 is 2.27 bits per heavy atom. The molecule has 7 nitrogen and oxygen atoms in total. The normalized spacial score (nSPS) is 15.3. The zero-order valence-corrected chi connectivity index (χ0v) is 18.7. The molecule has 2 heterocycles. The smallest absolute Gasteiger partial charge is 0.255 e. The van der Waals surface area contributed by atoms with Gasteiger partial charge in [-0.1, -0.05) is 48.5 Å². The van der Waals surface area contributed by atoms with Crippen LogP contribution >= 0.6 is 11.3 Å². The van der Waals surface area contributed by atoms with Crippen LogP contribution < -0.4 is 5.32 Å². The van der Waals surface area contributed by atoms with Gasteiger partial charge in [0, 0.05) is 18.7 Å². The van der Waals surface area contributed by atoms with E-state index < -0.39 is 30.1 Å². The predicted molar refractivity (Wildman–Crippen MR) is 124 cm³/mol. The van der Waals surface area contributed by atoms with Crippen LogP contribution in [0.3, 0.4) is 0 Å². The van der Waals surface area contributed by atoms with Crippen molar-refractivity contribution in [2.45, 2.75) is 38.3 Å². The highest BCUT2D eigenvalue weighted by Gasteiger charge is 2.35. The molecule has 1 unspecified atom stereocenters. The summed E-state index contributed by atoms with van der Waals surface area (Å²) in [5, 5.41) is 34.4. The van der Waals surface area contributed by atoms with Crippen LogP contribution in [0.1, 0.15) is 34.5 Å². The molecule has 0 saturated carbocycles. The molecule has 3 aromatic rings. The highest BCUT2D eigenvalue weighted by atomic mass is 32.1. The number of hydrogen-bond donors (Lipinski definition) is 3. The summed E-state index contributed by atoms with van der Waals surface area (Å²) in [7, 11) is 0. The lowest BCUT2D eigenvalue weighted by Crippen LogP contribution is -2.50. The molecule has 0 radical (unpaired) electrons. The minimum Gasteiger partial charge on any atom is -0.380 e. The van der Waals surface area contributed by atoms with Crippen LogP contribution in [0.5, 0.6) is 0 Å². The third kappa shape index (κ3) is 4.66. The van der Waals surface area contributed by atoms with E-state index in [1.807, 2.05) is 60.0 Å². The van der Waals surface area contributed by atoms with Gasteiger partial charge >= 0.3 is 0 Å². The topological polar surface area (TPSA) is 114 Å². The van der Waals surface area contributed by atoms with Crippen molar-refractivity contribution in [1.29, 1.82) is 5.26 Å². The monoisotopic (exact) mass is 461 g/mol. The minimum atomic E-state index is -1.88. The van der Waals surface area contributed by atoms with E-state index in [0.717, 1.165) is 27.8 Å². The first-order valence-corrected chi connectivity index (χ1v) is 11.4. The summed E-state index contributed by atoms with van der Waals surface area (Å²) in [5.74, 6) is -1.51. The molecule has 33 heavy (non-hydrogen) atoms. The van der Waals surface area contributed by atoms with E-state index in [-0.39, 0.29) is 0 Å². The molecule has 2 aromatic carbocycles. The van der Waals surface area contributed by atoms with Gasteiger partial charge in [-0.25, -0.2) is 0 Å². The second-order valence-corrected chi connectivity index (χ2v) is 8.90. The molecule has 8 heteroatoms. The number of carbonyl (C=O) groups is 2. The number of carbonyl (C=O) groups excluding carboxylic acids is 2. The van der Waals surface area contributed by atoms with Crippen molar-refractivity contribution in [3.05, 3.63) is 81.5 Å². The highest BCUT2D eigenvalue weighted by Crippen LogP contribution is 2.29. The van der Waals surface area contributed by atoms with Crippen LogP contribution in [0.25, 0.3) is 11.1 Å². The number of nitrogens with zero attached hydrogens (tertiary/aromatic N) is 2. The van der Waals surface area contributed by atoms with E-state index in [9.17, 15) is 25.1 Å². The highest BCUT2D eigenvalue weighted by molar-refractivity contribution is 7.11. The fraction of sp³-hybridized carbons (Fsp3) is 0.240. The Kier molecular flexibility index (Phi) is 6.56. The molecule has 1 aliphatic rings. The standard InChI is InChI=1S/C25H23N3O4S/c1-15(16-6-8-17(9-7-16)20-10-11-33-21(20)12-26)27-24(31)22(29)23(30)25(32)28-13-18-4-2-3-5-19(18)14-28/h2-11,15,22-23,29-30H,13-14H2,1H3,(H,27,31)/t15-,22?,23-/m1/s1. The molecule has 4 rings (SSSR count). The number of rotatable bonds is 6. The molecule has 168 valence electrons. The molecule has 0 saturated heterocycles. The van der Waals surface area contributed by atoms with Gasteiger partial charge < -0.3 is 20.4 Å². The van der Waals surface area contributed by atoms with Crippen LogP contribution in [0.4, 0.5) is 0 Å². The zero-order chi connectivity index (χ0) is 23.5. The first-order chi connectivity index (χ1) is 15.9. The maximum Gasteiger partial charge on any atom is 0.255 e. The number of nitriles is 1. The van der Waals surface area contributed by atoms with Crippen LogP contribution in [-0.4, -0.2) is 39.1 Å². The second-order valence-electron chi connectivity index (χ2n) is 7.98. The van der Waals surface area contributed by atoms with Crippen molar-refractivity contribution >= 4 is 23.2 Å². The molecule has 2 amide bonds. The van der Waals surface area contributed by atoms with E-state index in [1.165, 1.54) is 16.2 Å².